The molecule has 0 aliphatic rings. The lowest BCUT2D eigenvalue weighted by Crippen LogP contribution is -2.34. The van der Waals surface area contributed by atoms with Gasteiger partial charge in [0.25, 0.3) is 5.91 Å². The first-order chi connectivity index (χ1) is 9.13. The number of hydrogen-bond acceptors (Lipinski definition) is 5. The highest BCUT2D eigenvalue weighted by molar-refractivity contribution is 5.92. The highest BCUT2D eigenvalue weighted by atomic mass is 16.2. The quantitative estimate of drug-likeness (QED) is 0.610. The first-order valence-corrected chi connectivity index (χ1v) is 6.22. The molecule has 0 bridgehead atoms. The minimum atomic E-state index is -0.306. The lowest BCUT2D eigenvalue weighted by Gasteiger charge is -2.06. The van der Waals surface area contributed by atoms with Gasteiger partial charge >= 0.3 is 0 Å². The van der Waals surface area contributed by atoms with E-state index in [-0.39, 0.29) is 17.5 Å². The molecule has 0 spiro atoms. The highest BCUT2D eigenvalue weighted by Crippen LogP contribution is 2.00. The molecule has 7 heteroatoms. The molecule has 0 aliphatic carbocycles. The van der Waals surface area contributed by atoms with E-state index >= 15 is 0 Å². The number of hydrogen-bond donors (Lipinski definition) is 3. The average molecular weight is 265 g/mol. The Balaban J connectivity index is 2.37. The van der Waals surface area contributed by atoms with Crippen molar-refractivity contribution < 1.29 is 9.59 Å². The Bertz CT molecular complexity index is 419. The summed E-state index contributed by atoms with van der Waals surface area (Å²) in [5, 5.41) is 8.30. The molecule has 104 valence electrons. The second-order valence-corrected chi connectivity index (χ2v) is 3.95. The third-order valence-corrected chi connectivity index (χ3v) is 2.23. The molecule has 0 radical (unpaired) electrons. The van der Waals surface area contributed by atoms with Crippen LogP contribution in [0.2, 0.25) is 0 Å². The monoisotopic (exact) mass is 265 g/mol. The van der Waals surface area contributed by atoms with Crippen LogP contribution in [0.25, 0.3) is 0 Å². The van der Waals surface area contributed by atoms with Crippen molar-refractivity contribution in [1.29, 1.82) is 0 Å². The minimum absolute atomic E-state index is 0.125. The van der Waals surface area contributed by atoms with Crippen LogP contribution in [-0.4, -0.2) is 41.4 Å². The molecule has 7 nitrogen and oxygen atoms in total. The van der Waals surface area contributed by atoms with E-state index in [9.17, 15) is 9.59 Å². The van der Waals surface area contributed by atoms with Crippen LogP contribution in [0.1, 0.15) is 30.8 Å². The lowest BCUT2D eigenvalue weighted by atomic mass is 10.4. The van der Waals surface area contributed by atoms with E-state index in [4.69, 9.17) is 0 Å². The summed E-state index contributed by atoms with van der Waals surface area (Å²) in [4.78, 5) is 30.4. The Morgan fingerprint density at radius 1 is 1.11 bits per heavy atom. The van der Waals surface area contributed by atoms with Crippen molar-refractivity contribution in [3.8, 4) is 0 Å². The molecule has 0 aliphatic heterocycles. The standard InChI is InChI=1S/C12H19N5O2/c1-3-4-14-11-8-16-10(7-17-11)12(19)15-6-5-13-9(2)18/h7-8H,3-6H2,1-2H3,(H,13,18)(H,14,17)(H,15,19). The molecule has 1 heterocycles. The first kappa shape index (κ1) is 14.9. The van der Waals surface area contributed by atoms with Crippen LogP contribution in [0, 0.1) is 0 Å². The van der Waals surface area contributed by atoms with E-state index in [1.807, 2.05) is 0 Å². The molecule has 0 atom stereocenters. The number of amides is 2. The number of nitrogens with zero attached hydrogens (tertiary/aromatic N) is 2. The van der Waals surface area contributed by atoms with Crippen molar-refractivity contribution in [3.63, 3.8) is 0 Å². The summed E-state index contributed by atoms with van der Waals surface area (Å²) in [5.74, 6) is 0.219. The second kappa shape index (κ2) is 8.02. The van der Waals surface area contributed by atoms with Crippen molar-refractivity contribution in [2.75, 3.05) is 25.0 Å². The van der Waals surface area contributed by atoms with E-state index in [0.717, 1.165) is 13.0 Å². The summed E-state index contributed by atoms with van der Waals surface area (Å²) < 4.78 is 0. The molecular weight excluding hydrogens is 246 g/mol. The molecule has 1 rings (SSSR count). The van der Waals surface area contributed by atoms with Gasteiger partial charge in [-0.15, -0.1) is 0 Å². The third-order valence-electron chi connectivity index (χ3n) is 2.23. The van der Waals surface area contributed by atoms with Gasteiger partial charge in [0.2, 0.25) is 5.91 Å². The van der Waals surface area contributed by atoms with E-state index in [2.05, 4.69) is 32.8 Å². The van der Waals surface area contributed by atoms with Gasteiger partial charge in [-0.3, -0.25) is 9.59 Å². The molecule has 1 aromatic heterocycles. The van der Waals surface area contributed by atoms with Crippen molar-refractivity contribution in [3.05, 3.63) is 18.1 Å². The Kier molecular flexibility index (Phi) is 6.28. The number of carbonyl (C=O) groups excluding carboxylic acids is 2. The maximum absolute atomic E-state index is 11.7. The van der Waals surface area contributed by atoms with Gasteiger partial charge in [-0.05, 0) is 6.42 Å². The molecule has 0 unspecified atom stereocenters. The van der Waals surface area contributed by atoms with Gasteiger partial charge in [-0.1, -0.05) is 6.92 Å². The lowest BCUT2D eigenvalue weighted by molar-refractivity contribution is -0.118. The first-order valence-electron chi connectivity index (χ1n) is 6.22. The molecule has 0 saturated heterocycles. The average Bonchev–Trinajstić information content (AvgIpc) is 2.41. The van der Waals surface area contributed by atoms with Crippen LogP contribution in [0.4, 0.5) is 5.82 Å². The van der Waals surface area contributed by atoms with Gasteiger partial charge in [0, 0.05) is 26.6 Å². The van der Waals surface area contributed by atoms with Crippen LogP contribution in [0.15, 0.2) is 12.4 Å². The van der Waals surface area contributed by atoms with Crippen molar-refractivity contribution >= 4 is 17.6 Å². The topological polar surface area (TPSA) is 96.0 Å². The number of aromatic nitrogens is 2. The van der Waals surface area contributed by atoms with Gasteiger partial charge in [-0.2, -0.15) is 0 Å². The van der Waals surface area contributed by atoms with Crippen LogP contribution in [0.3, 0.4) is 0 Å². The largest absolute Gasteiger partial charge is 0.369 e. The van der Waals surface area contributed by atoms with E-state index in [0.29, 0.717) is 18.9 Å². The summed E-state index contributed by atoms with van der Waals surface area (Å²) >= 11 is 0. The van der Waals surface area contributed by atoms with Crippen LogP contribution >= 0.6 is 0 Å². The fraction of sp³-hybridized carbons (Fsp3) is 0.500. The van der Waals surface area contributed by atoms with Gasteiger partial charge < -0.3 is 16.0 Å². The summed E-state index contributed by atoms with van der Waals surface area (Å²) in [6, 6.07) is 0. The van der Waals surface area contributed by atoms with Crippen LogP contribution < -0.4 is 16.0 Å². The van der Waals surface area contributed by atoms with Gasteiger partial charge in [0.05, 0.1) is 12.4 Å². The third kappa shape index (κ3) is 5.80. The van der Waals surface area contributed by atoms with Gasteiger partial charge in [0.15, 0.2) is 0 Å². The van der Waals surface area contributed by atoms with Gasteiger partial charge in [0.1, 0.15) is 11.5 Å². The molecule has 19 heavy (non-hydrogen) atoms. The number of anilines is 1. The van der Waals surface area contributed by atoms with Crippen LogP contribution in [-0.2, 0) is 4.79 Å². The summed E-state index contributed by atoms with van der Waals surface area (Å²) in [5.41, 5.74) is 0.255. The summed E-state index contributed by atoms with van der Waals surface area (Å²) in [6.45, 7) is 5.05. The van der Waals surface area contributed by atoms with E-state index in [1.54, 1.807) is 0 Å². The summed E-state index contributed by atoms with van der Waals surface area (Å²) in [6.07, 6.45) is 3.94. The van der Waals surface area contributed by atoms with Crippen molar-refractivity contribution in [2.45, 2.75) is 20.3 Å². The molecule has 1 aromatic rings. The van der Waals surface area contributed by atoms with Crippen molar-refractivity contribution in [1.82, 2.24) is 20.6 Å². The molecule has 0 fully saturated rings. The smallest absolute Gasteiger partial charge is 0.271 e. The maximum Gasteiger partial charge on any atom is 0.271 e. The van der Waals surface area contributed by atoms with Crippen LogP contribution in [0.5, 0.6) is 0 Å². The zero-order valence-corrected chi connectivity index (χ0v) is 11.2. The summed E-state index contributed by atoms with van der Waals surface area (Å²) in [7, 11) is 0. The van der Waals surface area contributed by atoms with Gasteiger partial charge in [-0.25, -0.2) is 9.97 Å². The molecule has 3 N–H and O–H groups in total. The highest BCUT2D eigenvalue weighted by Gasteiger charge is 2.06. The zero-order chi connectivity index (χ0) is 14.1. The minimum Gasteiger partial charge on any atom is -0.369 e. The Labute approximate surface area is 112 Å². The second-order valence-electron chi connectivity index (χ2n) is 3.95. The Morgan fingerprint density at radius 2 is 1.84 bits per heavy atom. The maximum atomic E-state index is 11.7. The zero-order valence-electron chi connectivity index (χ0n) is 11.2. The van der Waals surface area contributed by atoms with E-state index in [1.165, 1.54) is 19.3 Å². The molecular formula is C12H19N5O2. The molecule has 0 aromatic carbocycles. The number of nitrogens with one attached hydrogen (secondary N) is 3. The Morgan fingerprint density at radius 3 is 2.42 bits per heavy atom. The fourth-order valence-electron chi connectivity index (χ4n) is 1.29. The Hall–Kier alpha value is -2.18. The SMILES string of the molecule is CCCNc1cnc(C(=O)NCCNC(C)=O)cn1. The van der Waals surface area contributed by atoms with Crippen molar-refractivity contribution in [2.24, 2.45) is 0 Å². The molecule has 2 amide bonds. The number of carbonyl (C=O) groups is 2. The molecule has 0 saturated carbocycles. The number of rotatable bonds is 7. The predicted molar refractivity (Wildman–Crippen MR) is 71.8 cm³/mol. The normalized spacial score (nSPS) is 9.79. The van der Waals surface area contributed by atoms with E-state index < -0.39 is 0 Å². The fourth-order valence-corrected chi connectivity index (χ4v) is 1.29. The predicted octanol–water partition coefficient (Wildman–Crippen LogP) is 0.164.